The number of H-pyrrole nitrogens is 1. The van der Waals surface area contributed by atoms with Gasteiger partial charge in [0.2, 0.25) is 0 Å². The molecular weight excluding hydrogens is 425 g/mol. The van der Waals surface area contributed by atoms with Crippen molar-refractivity contribution in [1.82, 2.24) is 14.6 Å². The third-order valence-corrected chi connectivity index (χ3v) is 4.64. The summed E-state index contributed by atoms with van der Waals surface area (Å²) in [6.07, 6.45) is -4.83. The average molecular weight is 435 g/mol. The van der Waals surface area contributed by atoms with E-state index in [9.17, 15) is 28.1 Å². The molecule has 0 saturated heterocycles. The molecule has 4 rings (SSSR count). The molecule has 2 aromatic carbocycles. The van der Waals surface area contributed by atoms with Crippen molar-refractivity contribution in [3.63, 3.8) is 0 Å². The standard InChI is InChI=1S/C19H10ClF3N4O3/c20-12-6-4-10(5-7-12)16-17(19(21,22)23)25-26-15(28)9-14(24-18(16)26)11-2-1-3-13(8-11)27(29)30/h1-9,24H. The second kappa shape index (κ2) is 6.99. The summed E-state index contributed by atoms with van der Waals surface area (Å²) in [5.74, 6) is 0. The summed E-state index contributed by atoms with van der Waals surface area (Å²) < 4.78 is 41.6. The van der Waals surface area contributed by atoms with Crippen LogP contribution in [0.4, 0.5) is 18.9 Å². The predicted molar refractivity (Wildman–Crippen MR) is 103 cm³/mol. The Morgan fingerprint density at radius 2 is 1.77 bits per heavy atom. The van der Waals surface area contributed by atoms with E-state index in [0.29, 0.717) is 9.54 Å². The Kier molecular flexibility index (Phi) is 4.58. The number of alkyl halides is 3. The molecule has 0 unspecified atom stereocenters. The van der Waals surface area contributed by atoms with Crippen molar-refractivity contribution in [1.29, 1.82) is 0 Å². The summed E-state index contributed by atoms with van der Waals surface area (Å²) in [6, 6.07) is 12.0. The predicted octanol–water partition coefficient (Wildman–Crippen LogP) is 4.94. The van der Waals surface area contributed by atoms with Crippen molar-refractivity contribution in [2.75, 3.05) is 0 Å². The lowest BCUT2D eigenvalue weighted by Gasteiger charge is -2.07. The quantitative estimate of drug-likeness (QED) is 0.365. The van der Waals surface area contributed by atoms with Crippen LogP contribution < -0.4 is 5.56 Å². The first-order valence-electron chi connectivity index (χ1n) is 8.39. The molecule has 30 heavy (non-hydrogen) atoms. The van der Waals surface area contributed by atoms with Crippen LogP contribution in [-0.4, -0.2) is 19.5 Å². The number of nitro groups is 1. The van der Waals surface area contributed by atoms with Gasteiger partial charge in [0.25, 0.3) is 11.2 Å². The molecule has 0 bridgehead atoms. The molecule has 0 aliphatic carbocycles. The van der Waals surface area contributed by atoms with Crippen molar-refractivity contribution >= 4 is 22.9 Å². The molecule has 152 valence electrons. The fraction of sp³-hybridized carbons (Fsp3) is 0.0526. The van der Waals surface area contributed by atoms with Crippen LogP contribution in [0.3, 0.4) is 0 Å². The van der Waals surface area contributed by atoms with E-state index in [0.717, 1.165) is 6.07 Å². The Hall–Kier alpha value is -3.66. The van der Waals surface area contributed by atoms with E-state index in [1.54, 1.807) is 0 Å². The molecule has 0 radical (unpaired) electrons. The molecule has 0 saturated carbocycles. The van der Waals surface area contributed by atoms with E-state index in [-0.39, 0.29) is 33.7 Å². The van der Waals surface area contributed by atoms with Crippen LogP contribution in [-0.2, 0) is 6.18 Å². The molecule has 0 aliphatic heterocycles. The number of nitro benzene ring substituents is 1. The maximum absolute atomic E-state index is 13.7. The minimum Gasteiger partial charge on any atom is -0.339 e. The van der Waals surface area contributed by atoms with Gasteiger partial charge in [-0.1, -0.05) is 35.9 Å². The van der Waals surface area contributed by atoms with E-state index in [2.05, 4.69) is 10.1 Å². The first-order valence-corrected chi connectivity index (χ1v) is 8.77. The van der Waals surface area contributed by atoms with Gasteiger partial charge >= 0.3 is 6.18 Å². The Bertz CT molecular complexity index is 1340. The van der Waals surface area contributed by atoms with Gasteiger partial charge in [-0.2, -0.15) is 22.8 Å². The fourth-order valence-electron chi connectivity index (χ4n) is 3.07. The molecular formula is C19H10ClF3N4O3. The lowest BCUT2D eigenvalue weighted by atomic mass is 10.1. The number of aromatic nitrogens is 3. The third kappa shape index (κ3) is 3.41. The van der Waals surface area contributed by atoms with Gasteiger partial charge in [0.15, 0.2) is 5.69 Å². The second-order valence-corrected chi connectivity index (χ2v) is 6.75. The van der Waals surface area contributed by atoms with E-state index < -0.39 is 22.4 Å². The Balaban J connectivity index is 2.03. The summed E-state index contributed by atoms with van der Waals surface area (Å²) in [6.45, 7) is 0. The van der Waals surface area contributed by atoms with Crippen LogP contribution in [0.15, 0.2) is 59.4 Å². The number of nitrogens with zero attached hydrogens (tertiary/aromatic N) is 3. The number of hydrogen-bond donors (Lipinski definition) is 1. The van der Waals surface area contributed by atoms with Crippen LogP contribution in [0.2, 0.25) is 5.02 Å². The highest BCUT2D eigenvalue weighted by molar-refractivity contribution is 6.30. The summed E-state index contributed by atoms with van der Waals surface area (Å²) in [7, 11) is 0. The van der Waals surface area contributed by atoms with Crippen LogP contribution in [0.25, 0.3) is 28.0 Å². The largest absolute Gasteiger partial charge is 0.435 e. The topological polar surface area (TPSA) is 93.3 Å². The molecule has 2 aromatic heterocycles. The summed E-state index contributed by atoms with van der Waals surface area (Å²) >= 11 is 5.84. The van der Waals surface area contributed by atoms with Gasteiger partial charge in [0, 0.05) is 28.8 Å². The van der Waals surface area contributed by atoms with E-state index in [1.165, 1.54) is 48.5 Å². The highest BCUT2D eigenvalue weighted by atomic mass is 35.5. The minimum atomic E-state index is -4.83. The number of rotatable bonds is 3. The average Bonchev–Trinajstić information content (AvgIpc) is 3.09. The maximum Gasteiger partial charge on any atom is 0.435 e. The van der Waals surface area contributed by atoms with Crippen LogP contribution >= 0.6 is 11.6 Å². The monoisotopic (exact) mass is 434 g/mol. The van der Waals surface area contributed by atoms with Gasteiger partial charge in [-0.25, -0.2) is 0 Å². The number of hydrogen-bond acceptors (Lipinski definition) is 4. The van der Waals surface area contributed by atoms with Crippen molar-refractivity contribution < 1.29 is 18.1 Å². The van der Waals surface area contributed by atoms with Crippen LogP contribution in [0.5, 0.6) is 0 Å². The molecule has 4 aromatic rings. The Morgan fingerprint density at radius 3 is 2.40 bits per heavy atom. The number of non-ortho nitro benzene ring substituents is 1. The maximum atomic E-state index is 13.7. The smallest absolute Gasteiger partial charge is 0.339 e. The lowest BCUT2D eigenvalue weighted by molar-refractivity contribution is -0.384. The Labute approximate surface area is 170 Å². The van der Waals surface area contributed by atoms with E-state index >= 15 is 0 Å². The van der Waals surface area contributed by atoms with Gasteiger partial charge in [-0.3, -0.25) is 14.9 Å². The zero-order valence-electron chi connectivity index (χ0n) is 14.8. The van der Waals surface area contributed by atoms with E-state index in [4.69, 9.17) is 11.6 Å². The highest BCUT2D eigenvalue weighted by Gasteiger charge is 2.39. The summed E-state index contributed by atoms with van der Waals surface area (Å²) in [5.41, 5.74) is -2.29. The number of fused-ring (bicyclic) bond motifs is 1. The Morgan fingerprint density at radius 1 is 1.07 bits per heavy atom. The van der Waals surface area contributed by atoms with Crippen LogP contribution in [0.1, 0.15) is 5.69 Å². The number of aromatic amines is 1. The van der Waals surface area contributed by atoms with Gasteiger partial charge in [0.05, 0.1) is 16.2 Å². The molecule has 0 spiro atoms. The third-order valence-electron chi connectivity index (χ3n) is 4.38. The number of nitrogens with one attached hydrogen (secondary N) is 1. The lowest BCUT2D eigenvalue weighted by Crippen LogP contribution is -2.15. The fourth-order valence-corrected chi connectivity index (χ4v) is 3.20. The zero-order chi connectivity index (χ0) is 21.6. The van der Waals surface area contributed by atoms with Gasteiger partial charge < -0.3 is 4.98 Å². The first kappa shape index (κ1) is 19.6. The zero-order valence-corrected chi connectivity index (χ0v) is 15.5. The van der Waals surface area contributed by atoms with Gasteiger partial charge in [-0.15, -0.1) is 0 Å². The highest BCUT2D eigenvalue weighted by Crippen LogP contribution is 2.38. The van der Waals surface area contributed by atoms with Crippen molar-refractivity contribution in [2.24, 2.45) is 0 Å². The first-order chi connectivity index (χ1) is 14.1. The van der Waals surface area contributed by atoms with Crippen molar-refractivity contribution in [3.05, 3.63) is 85.8 Å². The molecule has 0 amide bonds. The molecule has 1 N–H and O–H groups in total. The molecule has 0 atom stereocenters. The number of halogens is 4. The molecule has 0 aliphatic rings. The molecule has 7 nitrogen and oxygen atoms in total. The van der Waals surface area contributed by atoms with Gasteiger partial charge in [0.1, 0.15) is 5.65 Å². The van der Waals surface area contributed by atoms with Gasteiger partial charge in [-0.05, 0) is 17.7 Å². The molecule has 11 heteroatoms. The van der Waals surface area contributed by atoms with Crippen molar-refractivity contribution in [2.45, 2.75) is 6.18 Å². The van der Waals surface area contributed by atoms with Crippen molar-refractivity contribution in [3.8, 4) is 22.4 Å². The molecule has 2 heterocycles. The second-order valence-electron chi connectivity index (χ2n) is 6.32. The van der Waals surface area contributed by atoms with Crippen LogP contribution in [0, 0.1) is 10.1 Å². The summed E-state index contributed by atoms with van der Waals surface area (Å²) in [5, 5.41) is 14.8. The SMILES string of the molecule is O=c1cc(-c2cccc([N+](=O)[O-])c2)[nH]c2c(-c3ccc(Cl)cc3)c(C(F)(F)F)nn12. The minimum absolute atomic E-state index is 0.111. The van der Waals surface area contributed by atoms with E-state index in [1.807, 2.05) is 0 Å². The normalized spacial score (nSPS) is 11.7. The molecule has 0 fully saturated rings. The summed E-state index contributed by atoms with van der Waals surface area (Å²) in [4.78, 5) is 25.7. The number of benzene rings is 2.